The smallest absolute Gasteiger partial charge is 0.0108 e. The van der Waals surface area contributed by atoms with Crippen LogP contribution in [-0.2, 0) is 0 Å². The molecule has 0 aromatic heterocycles. The molecule has 0 bridgehead atoms. The van der Waals surface area contributed by atoms with Gasteiger partial charge >= 0.3 is 0 Å². The quantitative estimate of drug-likeness (QED) is 0.612. The van der Waals surface area contributed by atoms with Crippen LogP contribution in [0.1, 0.15) is 33.1 Å². The number of hydrogen-bond donors (Lipinski definition) is 2. The second-order valence-electron chi connectivity index (χ2n) is 5.23. The van der Waals surface area contributed by atoms with Crippen LogP contribution >= 0.6 is 0 Å². The van der Waals surface area contributed by atoms with Crippen LogP contribution < -0.4 is 10.6 Å². The summed E-state index contributed by atoms with van der Waals surface area (Å²) < 4.78 is 0. The van der Waals surface area contributed by atoms with E-state index in [1.165, 1.54) is 45.4 Å². The van der Waals surface area contributed by atoms with E-state index < -0.39 is 0 Å². The lowest BCUT2D eigenvalue weighted by molar-refractivity contribution is 0.241. The minimum absolute atomic E-state index is 0.862. The average molecular weight is 227 g/mol. The number of hydrogen-bond acceptors (Lipinski definition) is 3. The molecule has 0 saturated carbocycles. The Morgan fingerprint density at radius 1 is 1.12 bits per heavy atom. The Morgan fingerprint density at radius 2 is 1.88 bits per heavy atom. The van der Waals surface area contributed by atoms with Crippen LogP contribution in [0.15, 0.2) is 0 Å². The zero-order valence-corrected chi connectivity index (χ0v) is 11.1. The fourth-order valence-electron chi connectivity index (χ4n) is 2.10. The summed E-state index contributed by atoms with van der Waals surface area (Å²) >= 11 is 0. The Labute approximate surface area is 101 Å². The van der Waals surface area contributed by atoms with E-state index in [0.717, 1.165) is 25.6 Å². The van der Waals surface area contributed by atoms with Crippen molar-refractivity contribution in [2.75, 3.05) is 45.8 Å². The van der Waals surface area contributed by atoms with Crippen LogP contribution in [-0.4, -0.2) is 50.7 Å². The number of piperazine rings is 1. The summed E-state index contributed by atoms with van der Waals surface area (Å²) in [4.78, 5) is 2.54. The first kappa shape index (κ1) is 13.9. The third kappa shape index (κ3) is 7.20. The van der Waals surface area contributed by atoms with Gasteiger partial charge in [-0.2, -0.15) is 0 Å². The van der Waals surface area contributed by atoms with Gasteiger partial charge in [-0.15, -0.1) is 0 Å². The molecular formula is C13H29N3. The number of nitrogens with one attached hydrogen (secondary N) is 2. The maximum atomic E-state index is 3.54. The van der Waals surface area contributed by atoms with E-state index >= 15 is 0 Å². The molecule has 0 aromatic carbocycles. The Hall–Kier alpha value is -0.120. The SMILES string of the molecule is CC(C)CCCCNCCN1CCNCC1. The van der Waals surface area contributed by atoms with Crippen LogP contribution in [0.2, 0.25) is 0 Å². The molecule has 96 valence electrons. The summed E-state index contributed by atoms with van der Waals surface area (Å²) in [7, 11) is 0. The fourth-order valence-corrected chi connectivity index (χ4v) is 2.10. The predicted molar refractivity (Wildman–Crippen MR) is 70.9 cm³/mol. The highest BCUT2D eigenvalue weighted by molar-refractivity contribution is 4.68. The highest BCUT2D eigenvalue weighted by Gasteiger charge is 2.07. The van der Waals surface area contributed by atoms with Crippen molar-refractivity contribution in [3.05, 3.63) is 0 Å². The third-order valence-electron chi connectivity index (χ3n) is 3.20. The van der Waals surface area contributed by atoms with Gasteiger partial charge in [0.15, 0.2) is 0 Å². The molecule has 2 N–H and O–H groups in total. The van der Waals surface area contributed by atoms with Crippen molar-refractivity contribution >= 4 is 0 Å². The van der Waals surface area contributed by atoms with E-state index in [2.05, 4.69) is 29.4 Å². The zero-order chi connectivity index (χ0) is 11.6. The first-order valence-electron chi connectivity index (χ1n) is 6.93. The summed E-state index contributed by atoms with van der Waals surface area (Å²) in [6, 6.07) is 0. The molecule has 0 radical (unpaired) electrons. The fraction of sp³-hybridized carbons (Fsp3) is 1.00. The molecule has 16 heavy (non-hydrogen) atoms. The highest BCUT2D eigenvalue weighted by atomic mass is 15.2. The molecule has 0 unspecified atom stereocenters. The molecule has 1 saturated heterocycles. The molecule has 0 spiro atoms. The molecule has 1 heterocycles. The molecule has 3 nitrogen and oxygen atoms in total. The lowest BCUT2D eigenvalue weighted by atomic mass is 10.1. The number of unbranched alkanes of at least 4 members (excludes halogenated alkanes) is 1. The normalized spacial score (nSPS) is 18.2. The summed E-state index contributed by atoms with van der Waals surface area (Å²) in [5.74, 6) is 0.862. The standard InChI is InChI=1S/C13H29N3/c1-13(2)5-3-4-6-14-7-10-16-11-8-15-9-12-16/h13-15H,3-12H2,1-2H3. The molecular weight excluding hydrogens is 198 g/mol. The van der Waals surface area contributed by atoms with E-state index in [-0.39, 0.29) is 0 Å². The lowest BCUT2D eigenvalue weighted by Gasteiger charge is -2.27. The second-order valence-corrected chi connectivity index (χ2v) is 5.23. The minimum Gasteiger partial charge on any atom is -0.315 e. The van der Waals surface area contributed by atoms with Crippen molar-refractivity contribution in [1.29, 1.82) is 0 Å². The molecule has 0 amide bonds. The van der Waals surface area contributed by atoms with E-state index in [1.807, 2.05) is 0 Å². The molecule has 0 atom stereocenters. The van der Waals surface area contributed by atoms with Crippen molar-refractivity contribution in [1.82, 2.24) is 15.5 Å². The van der Waals surface area contributed by atoms with Gasteiger partial charge < -0.3 is 10.6 Å². The minimum atomic E-state index is 0.862. The maximum Gasteiger partial charge on any atom is 0.0108 e. The monoisotopic (exact) mass is 227 g/mol. The number of nitrogens with zero attached hydrogens (tertiary/aromatic N) is 1. The van der Waals surface area contributed by atoms with E-state index in [9.17, 15) is 0 Å². The maximum absolute atomic E-state index is 3.54. The molecule has 1 aliphatic heterocycles. The van der Waals surface area contributed by atoms with Crippen LogP contribution in [0, 0.1) is 5.92 Å². The number of rotatable bonds is 8. The first-order valence-corrected chi connectivity index (χ1v) is 6.93. The summed E-state index contributed by atoms with van der Waals surface area (Å²) in [5.41, 5.74) is 0. The van der Waals surface area contributed by atoms with Crippen molar-refractivity contribution < 1.29 is 0 Å². The van der Waals surface area contributed by atoms with E-state index in [1.54, 1.807) is 0 Å². The van der Waals surface area contributed by atoms with Crippen LogP contribution in [0.4, 0.5) is 0 Å². The van der Waals surface area contributed by atoms with Crippen molar-refractivity contribution in [2.45, 2.75) is 33.1 Å². The molecule has 0 aromatic rings. The van der Waals surface area contributed by atoms with Crippen molar-refractivity contribution in [3.63, 3.8) is 0 Å². The average Bonchev–Trinajstić information content (AvgIpc) is 2.29. The largest absolute Gasteiger partial charge is 0.315 e. The highest BCUT2D eigenvalue weighted by Crippen LogP contribution is 2.04. The van der Waals surface area contributed by atoms with Gasteiger partial charge in [-0.1, -0.05) is 26.7 Å². The van der Waals surface area contributed by atoms with Crippen molar-refractivity contribution in [3.8, 4) is 0 Å². The summed E-state index contributed by atoms with van der Waals surface area (Å²) in [5, 5.41) is 6.93. The zero-order valence-electron chi connectivity index (χ0n) is 11.1. The molecule has 1 fully saturated rings. The van der Waals surface area contributed by atoms with Gasteiger partial charge in [-0.25, -0.2) is 0 Å². The van der Waals surface area contributed by atoms with E-state index in [0.29, 0.717) is 0 Å². The Bertz CT molecular complexity index is 153. The Balaban J connectivity index is 1.80. The van der Waals surface area contributed by atoms with Gasteiger partial charge in [-0.3, -0.25) is 4.90 Å². The van der Waals surface area contributed by atoms with Gasteiger partial charge in [-0.05, 0) is 18.9 Å². The molecule has 1 aliphatic rings. The van der Waals surface area contributed by atoms with E-state index in [4.69, 9.17) is 0 Å². The molecule has 3 heteroatoms. The van der Waals surface area contributed by atoms with Crippen LogP contribution in [0.5, 0.6) is 0 Å². The van der Waals surface area contributed by atoms with Crippen molar-refractivity contribution in [2.24, 2.45) is 5.92 Å². The summed E-state index contributed by atoms with van der Waals surface area (Å²) in [6.07, 6.45) is 4.08. The van der Waals surface area contributed by atoms with Gasteiger partial charge in [0.1, 0.15) is 0 Å². The van der Waals surface area contributed by atoms with Crippen LogP contribution in [0.25, 0.3) is 0 Å². The third-order valence-corrected chi connectivity index (χ3v) is 3.20. The predicted octanol–water partition coefficient (Wildman–Crippen LogP) is 1.31. The first-order chi connectivity index (χ1) is 7.79. The topological polar surface area (TPSA) is 27.3 Å². The summed E-state index contributed by atoms with van der Waals surface area (Å²) in [6.45, 7) is 12.9. The van der Waals surface area contributed by atoms with Crippen LogP contribution in [0.3, 0.4) is 0 Å². The van der Waals surface area contributed by atoms with Gasteiger partial charge in [0.25, 0.3) is 0 Å². The van der Waals surface area contributed by atoms with Gasteiger partial charge in [0.2, 0.25) is 0 Å². The molecule has 1 rings (SSSR count). The Kier molecular flexibility index (Phi) is 7.81. The van der Waals surface area contributed by atoms with Gasteiger partial charge in [0.05, 0.1) is 0 Å². The Morgan fingerprint density at radius 3 is 2.56 bits per heavy atom. The van der Waals surface area contributed by atoms with Gasteiger partial charge in [0, 0.05) is 39.3 Å². The second kappa shape index (κ2) is 8.97. The molecule has 0 aliphatic carbocycles. The lowest BCUT2D eigenvalue weighted by Crippen LogP contribution is -2.45.